The molecule has 8 nitrogen and oxygen atoms in total. The summed E-state index contributed by atoms with van der Waals surface area (Å²) in [6, 6.07) is 25.3. The molecular formula is C32H30N2O6. The molecule has 40 heavy (non-hydrogen) atoms. The molecule has 3 N–H and O–H groups in total. The summed E-state index contributed by atoms with van der Waals surface area (Å²) in [4.78, 5) is 37.5. The minimum absolute atomic E-state index is 0.109. The van der Waals surface area contributed by atoms with Crippen molar-refractivity contribution in [3.05, 3.63) is 113 Å². The van der Waals surface area contributed by atoms with Gasteiger partial charge < -0.3 is 25.2 Å². The summed E-state index contributed by atoms with van der Waals surface area (Å²) in [6.45, 7) is 2.14. The molecule has 8 heteroatoms. The molecule has 0 radical (unpaired) electrons. The molecule has 0 aliphatic heterocycles. The molecule has 4 aromatic rings. The molecule has 0 aromatic heterocycles. The van der Waals surface area contributed by atoms with Crippen LogP contribution in [0.4, 0.5) is 11.4 Å². The SMILES string of the molecule is CCCCc1ccc(C(=O)Nc2cccc(Oc3ccc(NC(=O)c4ccccc4OC)c(C(=O)O)c3)c2)cc1. The molecule has 0 atom stereocenters. The fraction of sp³-hybridized carbons (Fsp3) is 0.156. The molecule has 204 valence electrons. The fourth-order valence-electron chi connectivity index (χ4n) is 4.08. The van der Waals surface area contributed by atoms with Gasteiger partial charge in [0.1, 0.15) is 17.2 Å². The number of ether oxygens (including phenoxy) is 2. The van der Waals surface area contributed by atoms with Crippen molar-refractivity contribution in [3.8, 4) is 17.2 Å². The third-order valence-electron chi connectivity index (χ3n) is 6.18. The van der Waals surface area contributed by atoms with Crippen LogP contribution in [-0.2, 0) is 6.42 Å². The number of para-hydroxylation sites is 1. The van der Waals surface area contributed by atoms with Crippen LogP contribution in [0.25, 0.3) is 0 Å². The number of aryl methyl sites for hydroxylation is 1. The average molecular weight is 539 g/mol. The first-order chi connectivity index (χ1) is 19.4. The van der Waals surface area contributed by atoms with Crippen LogP contribution in [0.5, 0.6) is 17.2 Å². The number of carbonyl (C=O) groups excluding carboxylic acids is 2. The number of carboxylic acids is 1. The minimum atomic E-state index is -1.23. The Balaban J connectivity index is 1.46. The van der Waals surface area contributed by atoms with Gasteiger partial charge in [-0.2, -0.15) is 0 Å². The van der Waals surface area contributed by atoms with Gasteiger partial charge in [-0.05, 0) is 73.0 Å². The zero-order chi connectivity index (χ0) is 28.5. The van der Waals surface area contributed by atoms with Gasteiger partial charge in [0.25, 0.3) is 11.8 Å². The van der Waals surface area contributed by atoms with Gasteiger partial charge >= 0.3 is 5.97 Å². The number of methoxy groups -OCH3 is 1. The van der Waals surface area contributed by atoms with Crippen molar-refractivity contribution in [1.29, 1.82) is 0 Å². The number of hydrogen-bond acceptors (Lipinski definition) is 5. The highest BCUT2D eigenvalue weighted by Gasteiger charge is 2.18. The number of hydrogen-bond donors (Lipinski definition) is 3. The maximum atomic E-state index is 12.8. The van der Waals surface area contributed by atoms with E-state index in [9.17, 15) is 19.5 Å². The number of unbranched alkanes of at least 4 members (excludes halogenated alkanes) is 1. The van der Waals surface area contributed by atoms with Crippen molar-refractivity contribution in [2.24, 2.45) is 0 Å². The zero-order valence-electron chi connectivity index (χ0n) is 22.3. The Labute approximate surface area is 232 Å². The van der Waals surface area contributed by atoms with E-state index in [4.69, 9.17) is 9.47 Å². The summed E-state index contributed by atoms with van der Waals surface area (Å²) in [6.07, 6.45) is 3.20. The Kier molecular flexibility index (Phi) is 9.15. The Morgan fingerprint density at radius 1 is 0.775 bits per heavy atom. The van der Waals surface area contributed by atoms with Gasteiger partial charge in [-0.1, -0.05) is 43.7 Å². The number of benzene rings is 4. The number of amides is 2. The van der Waals surface area contributed by atoms with Gasteiger partial charge in [0.15, 0.2) is 0 Å². The second kappa shape index (κ2) is 13.1. The van der Waals surface area contributed by atoms with E-state index in [-0.39, 0.29) is 28.5 Å². The Morgan fingerprint density at radius 2 is 1.52 bits per heavy atom. The van der Waals surface area contributed by atoms with E-state index in [2.05, 4.69) is 17.6 Å². The van der Waals surface area contributed by atoms with Crippen LogP contribution in [0.15, 0.2) is 91.0 Å². The highest BCUT2D eigenvalue weighted by Crippen LogP contribution is 2.29. The molecule has 0 bridgehead atoms. The molecule has 0 saturated carbocycles. The third kappa shape index (κ3) is 7.05. The predicted octanol–water partition coefficient (Wildman–Crippen LogP) is 7.03. The molecule has 0 aliphatic carbocycles. The van der Waals surface area contributed by atoms with Gasteiger partial charge in [0, 0.05) is 17.3 Å². The molecule has 0 spiro atoms. The monoisotopic (exact) mass is 538 g/mol. The van der Waals surface area contributed by atoms with Gasteiger partial charge in [-0.15, -0.1) is 0 Å². The zero-order valence-corrected chi connectivity index (χ0v) is 22.3. The molecule has 0 heterocycles. The first-order valence-electron chi connectivity index (χ1n) is 12.9. The summed E-state index contributed by atoms with van der Waals surface area (Å²) in [5.41, 5.74) is 2.50. The van der Waals surface area contributed by atoms with Gasteiger partial charge in [-0.25, -0.2) is 4.79 Å². The van der Waals surface area contributed by atoms with Crippen LogP contribution in [0, 0.1) is 0 Å². The summed E-state index contributed by atoms with van der Waals surface area (Å²) in [5, 5.41) is 15.3. The maximum Gasteiger partial charge on any atom is 0.337 e. The van der Waals surface area contributed by atoms with Crippen LogP contribution in [-0.4, -0.2) is 30.0 Å². The van der Waals surface area contributed by atoms with Crippen LogP contribution in [0.3, 0.4) is 0 Å². The van der Waals surface area contributed by atoms with E-state index in [1.807, 2.05) is 24.3 Å². The third-order valence-corrected chi connectivity index (χ3v) is 6.18. The van der Waals surface area contributed by atoms with Crippen molar-refractivity contribution >= 4 is 29.2 Å². The van der Waals surface area contributed by atoms with Crippen molar-refractivity contribution in [2.75, 3.05) is 17.7 Å². The van der Waals surface area contributed by atoms with Gasteiger partial charge in [-0.3, -0.25) is 9.59 Å². The van der Waals surface area contributed by atoms with Crippen molar-refractivity contribution in [2.45, 2.75) is 26.2 Å². The normalized spacial score (nSPS) is 10.4. The highest BCUT2D eigenvalue weighted by molar-refractivity contribution is 6.09. The van der Waals surface area contributed by atoms with Crippen molar-refractivity contribution < 1.29 is 29.0 Å². The lowest BCUT2D eigenvalue weighted by Gasteiger charge is -2.13. The molecule has 4 rings (SSSR count). The van der Waals surface area contributed by atoms with Gasteiger partial charge in [0.2, 0.25) is 0 Å². The van der Waals surface area contributed by atoms with E-state index in [1.165, 1.54) is 24.8 Å². The number of carbonyl (C=O) groups is 3. The topological polar surface area (TPSA) is 114 Å². The molecule has 0 unspecified atom stereocenters. The summed E-state index contributed by atoms with van der Waals surface area (Å²) in [7, 11) is 1.45. The first kappa shape index (κ1) is 27.9. The van der Waals surface area contributed by atoms with E-state index in [0.717, 1.165) is 19.3 Å². The Hall–Kier alpha value is -5.11. The van der Waals surface area contributed by atoms with E-state index in [1.54, 1.807) is 54.6 Å². The average Bonchev–Trinajstić information content (AvgIpc) is 2.97. The van der Waals surface area contributed by atoms with E-state index >= 15 is 0 Å². The molecule has 0 fully saturated rings. The second-order valence-electron chi connectivity index (χ2n) is 9.05. The van der Waals surface area contributed by atoms with E-state index in [0.29, 0.717) is 22.7 Å². The van der Waals surface area contributed by atoms with Crippen molar-refractivity contribution in [3.63, 3.8) is 0 Å². The van der Waals surface area contributed by atoms with Crippen molar-refractivity contribution in [1.82, 2.24) is 0 Å². The Morgan fingerprint density at radius 3 is 2.25 bits per heavy atom. The molecule has 4 aromatic carbocycles. The maximum absolute atomic E-state index is 12.8. The number of carboxylic acid groups (broad SMARTS) is 1. The molecular weight excluding hydrogens is 508 g/mol. The molecule has 2 amide bonds. The largest absolute Gasteiger partial charge is 0.496 e. The minimum Gasteiger partial charge on any atom is -0.496 e. The van der Waals surface area contributed by atoms with Crippen LogP contribution >= 0.6 is 0 Å². The van der Waals surface area contributed by atoms with Crippen LogP contribution in [0.2, 0.25) is 0 Å². The summed E-state index contributed by atoms with van der Waals surface area (Å²) < 4.78 is 11.1. The van der Waals surface area contributed by atoms with Gasteiger partial charge in [0.05, 0.1) is 23.9 Å². The standard InChI is InChI=1S/C32H30N2O6/c1-3-4-8-21-13-15-22(16-14-21)30(35)33-23-9-7-10-24(19-23)40-25-17-18-28(27(20-25)32(37)38)34-31(36)26-11-5-6-12-29(26)39-2/h5-7,9-20H,3-4,8H2,1-2H3,(H,33,35)(H,34,36)(H,37,38). The fourth-order valence-corrected chi connectivity index (χ4v) is 4.08. The number of rotatable bonds is 11. The molecule has 0 saturated heterocycles. The van der Waals surface area contributed by atoms with Crippen LogP contribution < -0.4 is 20.1 Å². The lowest BCUT2D eigenvalue weighted by Crippen LogP contribution is -2.15. The Bertz CT molecular complexity index is 1510. The number of anilines is 2. The number of nitrogens with one attached hydrogen (secondary N) is 2. The first-order valence-corrected chi connectivity index (χ1v) is 12.9. The predicted molar refractivity (Wildman–Crippen MR) is 154 cm³/mol. The second-order valence-corrected chi connectivity index (χ2v) is 9.05. The quantitative estimate of drug-likeness (QED) is 0.189. The summed E-state index contributed by atoms with van der Waals surface area (Å²) in [5.74, 6) is -0.973. The highest BCUT2D eigenvalue weighted by atomic mass is 16.5. The number of aromatic carboxylic acids is 1. The smallest absolute Gasteiger partial charge is 0.337 e. The summed E-state index contributed by atoms with van der Waals surface area (Å²) >= 11 is 0. The lowest BCUT2D eigenvalue weighted by atomic mass is 10.1. The van der Waals surface area contributed by atoms with E-state index < -0.39 is 11.9 Å². The van der Waals surface area contributed by atoms with Crippen LogP contribution in [0.1, 0.15) is 56.4 Å². The lowest BCUT2D eigenvalue weighted by molar-refractivity contribution is 0.0697. The molecule has 0 aliphatic rings.